The van der Waals surface area contributed by atoms with Crippen LogP contribution in [-0.2, 0) is 0 Å². The van der Waals surface area contributed by atoms with Crippen molar-refractivity contribution in [1.82, 2.24) is 0 Å². The van der Waals surface area contributed by atoms with Gasteiger partial charge >= 0.3 is 0 Å². The summed E-state index contributed by atoms with van der Waals surface area (Å²) in [6.45, 7) is 0. The second kappa shape index (κ2) is 6.03. The number of hydrogen-bond donors (Lipinski definition) is 0. The molecule has 1 aromatic rings. The molecule has 16 heavy (non-hydrogen) atoms. The Morgan fingerprint density at radius 1 is 1.56 bits per heavy atom. The third-order valence-corrected chi connectivity index (χ3v) is 2.40. The fourth-order valence-corrected chi connectivity index (χ4v) is 1.44. The van der Waals surface area contributed by atoms with Crippen molar-refractivity contribution in [3.05, 3.63) is 45.5 Å². The third-order valence-electron chi connectivity index (χ3n) is 1.94. The van der Waals surface area contributed by atoms with E-state index in [1.807, 2.05) is 12.1 Å². The van der Waals surface area contributed by atoms with Crippen LogP contribution in [0.15, 0.2) is 24.3 Å². The molecular weight excluding hydrogens is 272 g/mol. The van der Waals surface area contributed by atoms with Crippen molar-refractivity contribution in [2.24, 2.45) is 0 Å². The van der Waals surface area contributed by atoms with Crippen LogP contribution in [0.25, 0.3) is 6.08 Å². The molecule has 0 aliphatic heterocycles. The van der Waals surface area contributed by atoms with Gasteiger partial charge in [-0.15, -0.1) is 0 Å². The Morgan fingerprint density at radius 3 is 2.88 bits per heavy atom. The molecule has 1 aromatic carbocycles. The van der Waals surface area contributed by atoms with E-state index in [4.69, 9.17) is 5.26 Å². The van der Waals surface area contributed by atoms with Crippen molar-refractivity contribution in [3.63, 3.8) is 0 Å². The van der Waals surface area contributed by atoms with Crippen molar-refractivity contribution in [2.45, 2.75) is 6.42 Å². The Kier molecular flexibility index (Phi) is 4.67. The molecule has 0 amide bonds. The molecule has 0 fully saturated rings. The zero-order valence-corrected chi connectivity index (χ0v) is 9.98. The molecule has 0 aromatic heterocycles. The minimum atomic E-state index is -0.507. The van der Waals surface area contributed by atoms with E-state index in [9.17, 15) is 10.1 Å². The van der Waals surface area contributed by atoms with Crippen LogP contribution in [0.4, 0.5) is 5.69 Å². The molecular formula is C11H9BrN2O2. The molecule has 1 rings (SSSR count). The van der Waals surface area contributed by atoms with Crippen LogP contribution in [0, 0.1) is 21.4 Å². The number of rotatable bonds is 4. The van der Waals surface area contributed by atoms with E-state index in [0.717, 1.165) is 11.8 Å². The van der Waals surface area contributed by atoms with Crippen LogP contribution in [0.3, 0.4) is 0 Å². The monoisotopic (exact) mass is 280 g/mol. The van der Waals surface area contributed by atoms with E-state index < -0.39 is 4.92 Å². The van der Waals surface area contributed by atoms with Gasteiger partial charge in [-0.1, -0.05) is 28.1 Å². The second-order valence-electron chi connectivity index (χ2n) is 3.02. The predicted octanol–water partition coefficient (Wildman–Crippen LogP) is 3.26. The number of allylic oxidation sites excluding steroid dienone is 1. The average Bonchev–Trinajstić information content (AvgIpc) is 2.29. The first-order chi connectivity index (χ1) is 7.69. The topological polar surface area (TPSA) is 66.9 Å². The van der Waals surface area contributed by atoms with Gasteiger partial charge < -0.3 is 0 Å². The summed E-state index contributed by atoms with van der Waals surface area (Å²) in [7, 11) is 0. The highest BCUT2D eigenvalue weighted by Crippen LogP contribution is 2.18. The lowest BCUT2D eigenvalue weighted by Gasteiger charge is -1.97. The molecule has 0 radical (unpaired) electrons. The molecule has 0 bridgehead atoms. The maximum atomic E-state index is 10.5. The van der Waals surface area contributed by atoms with Gasteiger partial charge in [-0.2, -0.15) is 5.26 Å². The maximum Gasteiger partial charge on any atom is 0.270 e. The van der Waals surface area contributed by atoms with Crippen LogP contribution in [0.1, 0.15) is 17.5 Å². The standard InChI is InChI=1S/C11H9BrN2O2/c12-6-2-1-3-9-4-5-11(14(15)16)7-10(9)8-13/h1,3-5,7H,2,6H2. The van der Waals surface area contributed by atoms with Crippen molar-refractivity contribution < 1.29 is 4.92 Å². The Hall–Kier alpha value is -1.67. The molecule has 0 N–H and O–H groups in total. The van der Waals surface area contributed by atoms with Crippen molar-refractivity contribution in [1.29, 1.82) is 5.26 Å². The van der Waals surface area contributed by atoms with Gasteiger partial charge in [0, 0.05) is 17.5 Å². The van der Waals surface area contributed by atoms with Gasteiger partial charge in [0.05, 0.1) is 10.5 Å². The van der Waals surface area contributed by atoms with E-state index in [0.29, 0.717) is 11.1 Å². The predicted molar refractivity (Wildman–Crippen MR) is 65.3 cm³/mol. The van der Waals surface area contributed by atoms with Gasteiger partial charge in [-0.05, 0) is 18.1 Å². The molecule has 0 saturated carbocycles. The Morgan fingerprint density at radius 2 is 2.31 bits per heavy atom. The fourth-order valence-electron chi connectivity index (χ4n) is 1.17. The highest BCUT2D eigenvalue weighted by molar-refractivity contribution is 9.09. The summed E-state index contributed by atoms with van der Waals surface area (Å²) in [4.78, 5) is 10.0. The van der Waals surface area contributed by atoms with E-state index in [1.54, 1.807) is 12.1 Å². The number of nitro benzene ring substituents is 1. The van der Waals surface area contributed by atoms with Crippen LogP contribution in [0.5, 0.6) is 0 Å². The van der Waals surface area contributed by atoms with Crippen LogP contribution in [-0.4, -0.2) is 10.3 Å². The zero-order valence-electron chi connectivity index (χ0n) is 8.39. The van der Waals surface area contributed by atoms with Gasteiger partial charge in [0.25, 0.3) is 5.69 Å². The summed E-state index contributed by atoms with van der Waals surface area (Å²) in [6.07, 6.45) is 4.56. The summed E-state index contributed by atoms with van der Waals surface area (Å²) >= 11 is 3.28. The largest absolute Gasteiger partial charge is 0.270 e. The third kappa shape index (κ3) is 3.17. The number of nitriles is 1. The second-order valence-corrected chi connectivity index (χ2v) is 3.81. The molecule has 0 spiro atoms. The number of alkyl halides is 1. The van der Waals surface area contributed by atoms with E-state index in [-0.39, 0.29) is 5.69 Å². The summed E-state index contributed by atoms with van der Waals surface area (Å²) in [5.74, 6) is 0. The zero-order chi connectivity index (χ0) is 12.0. The number of benzene rings is 1. The molecule has 4 nitrogen and oxygen atoms in total. The summed E-state index contributed by atoms with van der Waals surface area (Å²) in [5.41, 5.74) is 0.961. The maximum absolute atomic E-state index is 10.5. The van der Waals surface area contributed by atoms with Crippen molar-refractivity contribution >= 4 is 27.7 Å². The van der Waals surface area contributed by atoms with Crippen LogP contribution < -0.4 is 0 Å². The first kappa shape index (κ1) is 12.4. The lowest BCUT2D eigenvalue weighted by atomic mass is 10.1. The molecule has 82 valence electrons. The summed E-state index contributed by atoms with van der Waals surface area (Å²) in [5, 5.41) is 20.2. The molecule has 0 aliphatic rings. The van der Waals surface area contributed by atoms with Gasteiger partial charge in [0.15, 0.2) is 0 Å². The van der Waals surface area contributed by atoms with E-state index in [1.165, 1.54) is 12.1 Å². The molecule has 0 unspecified atom stereocenters. The Bertz CT molecular complexity index is 464. The Balaban J connectivity index is 3.03. The number of non-ortho nitro benzene ring substituents is 1. The SMILES string of the molecule is N#Cc1cc([N+](=O)[O-])ccc1C=CCCBr. The summed E-state index contributed by atoms with van der Waals surface area (Å²) in [6, 6.07) is 6.22. The van der Waals surface area contributed by atoms with Crippen molar-refractivity contribution in [3.8, 4) is 6.07 Å². The van der Waals surface area contributed by atoms with E-state index >= 15 is 0 Å². The average molecular weight is 281 g/mol. The molecule has 0 atom stereocenters. The normalized spacial score (nSPS) is 10.2. The quantitative estimate of drug-likeness (QED) is 0.483. The summed E-state index contributed by atoms with van der Waals surface area (Å²) < 4.78 is 0. The number of nitrogens with zero attached hydrogens (tertiary/aromatic N) is 2. The molecule has 0 saturated heterocycles. The Labute approximate surface area is 101 Å². The number of hydrogen-bond acceptors (Lipinski definition) is 3. The molecule has 0 heterocycles. The van der Waals surface area contributed by atoms with Crippen molar-refractivity contribution in [2.75, 3.05) is 5.33 Å². The minimum Gasteiger partial charge on any atom is -0.258 e. The van der Waals surface area contributed by atoms with E-state index in [2.05, 4.69) is 15.9 Å². The highest BCUT2D eigenvalue weighted by atomic mass is 79.9. The van der Waals surface area contributed by atoms with Gasteiger partial charge in [-0.3, -0.25) is 10.1 Å². The lowest BCUT2D eigenvalue weighted by Crippen LogP contribution is -1.90. The smallest absolute Gasteiger partial charge is 0.258 e. The first-order valence-corrected chi connectivity index (χ1v) is 5.72. The first-order valence-electron chi connectivity index (χ1n) is 4.60. The molecule has 0 aliphatic carbocycles. The number of halogens is 1. The molecule has 5 heteroatoms. The van der Waals surface area contributed by atoms with Crippen LogP contribution in [0.2, 0.25) is 0 Å². The van der Waals surface area contributed by atoms with Gasteiger partial charge in [0.1, 0.15) is 6.07 Å². The lowest BCUT2D eigenvalue weighted by molar-refractivity contribution is -0.384. The highest BCUT2D eigenvalue weighted by Gasteiger charge is 2.08. The van der Waals surface area contributed by atoms with Gasteiger partial charge in [-0.25, -0.2) is 0 Å². The minimum absolute atomic E-state index is 0.0609. The van der Waals surface area contributed by atoms with Crippen LogP contribution >= 0.6 is 15.9 Å². The van der Waals surface area contributed by atoms with Gasteiger partial charge in [0.2, 0.25) is 0 Å². The number of nitro groups is 1. The fraction of sp³-hybridized carbons (Fsp3) is 0.182.